The number of benzene rings is 1. The van der Waals surface area contributed by atoms with Crippen molar-refractivity contribution in [3.8, 4) is 5.75 Å². The van der Waals surface area contributed by atoms with E-state index in [1.54, 1.807) is 12.1 Å². The van der Waals surface area contributed by atoms with Gasteiger partial charge in [0.05, 0.1) is 18.7 Å². The normalized spacial score (nSPS) is 10.0. The second-order valence-corrected chi connectivity index (χ2v) is 3.96. The summed E-state index contributed by atoms with van der Waals surface area (Å²) in [5.74, 6) is -0.945. The fourth-order valence-corrected chi connectivity index (χ4v) is 1.49. The number of amides is 1. The molecule has 0 aliphatic heterocycles. The van der Waals surface area contributed by atoms with E-state index in [1.165, 1.54) is 13.2 Å². The van der Waals surface area contributed by atoms with Crippen molar-refractivity contribution in [1.82, 2.24) is 5.32 Å². The number of hydrogen-bond donors (Lipinski definition) is 2. The van der Waals surface area contributed by atoms with Gasteiger partial charge >= 0.3 is 5.97 Å². The van der Waals surface area contributed by atoms with E-state index in [-0.39, 0.29) is 25.7 Å². The van der Waals surface area contributed by atoms with E-state index in [4.69, 9.17) is 26.2 Å². The van der Waals surface area contributed by atoms with Gasteiger partial charge in [-0.05, 0) is 18.2 Å². The van der Waals surface area contributed by atoms with Crippen molar-refractivity contribution in [3.05, 3.63) is 28.8 Å². The van der Waals surface area contributed by atoms with Crippen LogP contribution in [0.15, 0.2) is 18.2 Å². The first-order valence-electron chi connectivity index (χ1n) is 5.46. The lowest BCUT2D eigenvalue weighted by Crippen LogP contribution is -2.27. The van der Waals surface area contributed by atoms with Gasteiger partial charge in [0, 0.05) is 12.1 Å². The lowest BCUT2D eigenvalue weighted by molar-refractivity contribution is -0.142. The molecule has 1 aromatic rings. The van der Waals surface area contributed by atoms with E-state index in [9.17, 15) is 9.59 Å². The van der Waals surface area contributed by atoms with Crippen molar-refractivity contribution >= 4 is 23.5 Å². The summed E-state index contributed by atoms with van der Waals surface area (Å²) in [6.07, 6.45) is 0. The summed E-state index contributed by atoms with van der Waals surface area (Å²) in [4.78, 5) is 21.9. The molecule has 0 fully saturated rings. The number of carbonyl (C=O) groups excluding carboxylic acids is 1. The summed E-state index contributed by atoms with van der Waals surface area (Å²) < 4.78 is 9.79. The average molecular weight is 288 g/mol. The topological polar surface area (TPSA) is 84.9 Å². The van der Waals surface area contributed by atoms with Crippen LogP contribution in [-0.2, 0) is 9.53 Å². The SMILES string of the molecule is COc1cc(C(=O)NCCOCC(=O)O)ccc1Cl. The van der Waals surface area contributed by atoms with E-state index in [1.807, 2.05) is 0 Å². The van der Waals surface area contributed by atoms with Crippen molar-refractivity contribution in [1.29, 1.82) is 0 Å². The average Bonchev–Trinajstić information content (AvgIpc) is 2.38. The lowest BCUT2D eigenvalue weighted by atomic mass is 10.2. The molecule has 0 saturated heterocycles. The van der Waals surface area contributed by atoms with Crippen LogP contribution in [-0.4, -0.2) is 43.9 Å². The van der Waals surface area contributed by atoms with Crippen molar-refractivity contribution in [3.63, 3.8) is 0 Å². The van der Waals surface area contributed by atoms with Gasteiger partial charge in [-0.15, -0.1) is 0 Å². The number of hydrogen-bond acceptors (Lipinski definition) is 4. The van der Waals surface area contributed by atoms with E-state index < -0.39 is 5.97 Å². The van der Waals surface area contributed by atoms with Gasteiger partial charge in [-0.1, -0.05) is 11.6 Å². The van der Waals surface area contributed by atoms with Crippen molar-refractivity contribution in [2.75, 3.05) is 26.9 Å². The summed E-state index contributed by atoms with van der Waals surface area (Å²) in [7, 11) is 1.46. The van der Waals surface area contributed by atoms with Crippen molar-refractivity contribution in [2.45, 2.75) is 0 Å². The van der Waals surface area contributed by atoms with Crippen LogP contribution < -0.4 is 10.1 Å². The van der Waals surface area contributed by atoms with Crippen LogP contribution in [0.1, 0.15) is 10.4 Å². The molecule has 1 aromatic carbocycles. The molecule has 0 saturated carbocycles. The molecule has 0 aliphatic rings. The number of carbonyl (C=O) groups is 2. The van der Waals surface area contributed by atoms with Crippen LogP contribution in [0.5, 0.6) is 5.75 Å². The predicted molar refractivity (Wildman–Crippen MR) is 68.8 cm³/mol. The number of nitrogens with one attached hydrogen (secondary N) is 1. The van der Waals surface area contributed by atoms with Crippen LogP contribution in [0.2, 0.25) is 5.02 Å². The maximum Gasteiger partial charge on any atom is 0.329 e. The summed E-state index contributed by atoms with van der Waals surface area (Å²) >= 11 is 5.84. The van der Waals surface area contributed by atoms with E-state index >= 15 is 0 Å². The highest BCUT2D eigenvalue weighted by atomic mass is 35.5. The predicted octanol–water partition coefficient (Wildman–Crippen LogP) is 1.18. The van der Waals surface area contributed by atoms with Crippen LogP contribution in [0, 0.1) is 0 Å². The molecule has 0 atom stereocenters. The van der Waals surface area contributed by atoms with E-state index in [2.05, 4.69) is 5.32 Å². The zero-order valence-corrected chi connectivity index (χ0v) is 11.1. The minimum Gasteiger partial charge on any atom is -0.495 e. The second-order valence-electron chi connectivity index (χ2n) is 3.55. The van der Waals surface area contributed by atoms with Gasteiger partial charge in [0.1, 0.15) is 12.4 Å². The van der Waals surface area contributed by atoms with Gasteiger partial charge in [0.2, 0.25) is 0 Å². The fourth-order valence-electron chi connectivity index (χ4n) is 1.30. The van der Waals surface area contributed by atoms with Gasteiger partial charge < -0.3 is 19.9 Å². The van der Waals surface area contributed by atoms with E-state index in [0.29, 0.717) is 16.3 Å². The van der Waals surface area contributed by atoms with Gasteiger partial charge in [-0.3, -0.25) is 4.79 Å². The Morgan fingerprint density at radius 1 is 1.42 bits per heavy atom. The fraction of sp³-hybridized carbons (Fsp3) is 0.333. The molecule has 0 unspecified atom stereocenters. The molecule has 0 aromatic heterocycles. The van der Waals surface area contributed by atoms with Crippen molar-refractivity contribution in [2.24, 2.45) is 0 Å². The summed E-state index contributed by atoms with van der Waals surface area (Å²) in [6.45, 7) is -0.0372. The summed E-state index contributed by atoms with van der Waals surface area (Å²) in [6, 6.07) is 4.66. The first kappa shape index (κ1) is 15.3. The van der Waals surface area contributed by atoms with Crippen molar-refractivity contribution < 1.29 is 24.2 Å². The Bertz CT molecular complexity index is 463. The molecular formula is C12H14ClNO5. The third kappa shape index (κ3) is 5.15. The molecule has 0 spiro atoms. The molecule has 1 rings (SSSR count). The highest BCUT2D eigenvalue weighted by Crippen LogP contribution is 2.24. The number of halogens is 1. The van der Waals surface area contributed by atoms with Gasteiger partial charge in [0.25, 0.3) is 5.91 Å². The minimum absolute atomic E-state index is 0.128. The molecule has 0 radical (unpaired) electrons. The Morgan fingerprint density at radius 2 is 2.16 bits per heavy atom. The Balaban J connectivity index is 2.43. The maximum atomic E-state index is 11.7. The monoisotopic (exact) mass is 287 g/mol. The quantitative estimate of drug-likeness (QED) is 0.736. The standard InChI is InChI=1S/C12H14ClNO5/c1-18-10-6-8(2-3-9(10)13)12(17)14-4-5-19-7-11(15)16/h2-3,6H,4-5,7H2,1H3,(H,14,17)(H,15,16). The molecule has 0 heterocycles. The molecular weight excluding hydrogens is 274 g/mol. The van der Waals surface area contributed by atoms with Gasteiger partial charge in [0.15, 0.2) is 0 Å². The van der Waals surface area contributed by atoms with Gasteiger partial charge in [-0.2, -0.15) is 0 Å². The highest BCUT2D eigenvalue weighted by Gasteiger charge is 2.08. The number of carboxylic acid groups (broad SMARTS) is 1. The molecule has 0 aliphatic carbocycles. The third-order valence-electron chi connectivity index (χ3n) is 2.17. The molecule has 104 valence electrons. The maximum absolute atomic E-state index is 11.7. The Hall–Kier alpha value is -1.79. The van der Waals surface area contributed by atoms with Crippen LogP contribution in [0.4, 0.5) is 0 Å². The summed E-state index contributed by atoms with van der Waals surface area (Å²) in [5, 5.41) is 11.4. The largest absolute Gasteiger partial charge is 0.495 e. The molecule has 2 N–H and O–H groups in total. The molecule has 1 amide bonds. The van der Waals surface area contributed by atoms with Crippen LogP contribution >= 0.6 is 11.6 Å². The minimum atomic E-state index is -1.05. The number of aliphatic carboxylic acids is 1. The molecule has 0 bridgehead atoms. The van der Waals surface area contributed by atoms with Gasteiger partial charge in [-0.25, -0.2) is 4.79 Å². The molecule has 19 heavy (non-hydrogen) atoms. The zero-order valence-electron chi connectivity index (χ0n) is 10.3. The highest BCUT2D eigenvalue weighted by molar-refractivity contribution is 6.32. The number of methoxy groups -OCH3 is 1. The van der Waals surface area contributed by atoms with E-state index in [0.717, 1.165) is 0 Å². The number of ether oxygens (including phenoxy) is 2. The molecule has 6 nitrogen and oxygen atoms in total. The first-order chi connectivity index (χ1) is 9.04. The Labute approximate surface area is 115 Å². The van der Waals surface area contributed by atoms with Crippen LogP contribution in [0.3, 0.4) is 0 Å². The first-order valence-corrected chi connectivity index (χ1v) is 5.83. The Kier molecular flexibility index (Phi) is 6.11. The third-order valence-corrected chi connectivity index (χ3v) is 2.48. The Morgan fingerprint density at radius 3 is 2.79 bits per heavy atom. The number of carboxylic acids is 1. The number of rotatable bonds is 7. The second kappa shape index (κ2) is 7.60. The lowest BCUT2D eigenvalue weighted by Gasteiger charge is -2.07. The zero-order chi connectivity index (χ0) is 14.3. The summed E-state index contributed by atoms with van der Waals surface area (Å²) in [5.41, 5.74) is 0.402. The molecule has 7 heteroatoms. The van der Waals surface area contributed by atoms with Crippen LogP contribution in [0.25, 0.3) is 0 Å². The smallest absolute Gasteiger partial charge is 0.329 e.